The molecule has 2 nitrogen and oxygen atoms in total. The van der Waals surface area contributed by atoms with Crippen molar-refractivity contribution >= 4 is 15.9 Å². The normalized spacial score (nSPS) is 11.6. The van der Waals surface area contributed by atoms with Gasteiger partial charge in [0, 0.05) is 5.54 Å². The fourth-order valence-corrected chi connectivity index (χ4v) is 2.20. The van der Waals surface area contributed by atoms with Gasteiger partial charge in [0.15, 0.2) is 0 Å². The maximum Gasteiger partial charge on any atom is 0.133 e. The van der Waals surface area contributed by atoms with E-state index in [-0.39, 0.29) is 5.54 Å². The van der Waals surface area contributed by atoms with Crippen LogP contribution in [-0.4, -0.2) is 18.7 Å². The summed E-state index contributed by atoms with van der Waals surface area (Å²) >= 11 is 3.52. The molecule has 0 aromatic heterocycles. The lowest BCUT2D eigenvalue weighted by molar-refractivity contribution is 0.299. The minimum Gasteiger partial charge on any atom is -0.492 e. The highest BCUT2D eigenvalue weighted by molar-refractivity contribution is 9.10. The smallest absolute Gasteiger partial charge is 0.133 e. The molecule has 0 aliphatic heterocycles. The Bertz CT molecular complexity index is 371. The zero-order valence-electron chi connectivity index (χ0n) is 11.8. The molecule has 3 heteroatoms. The lowest BCUT2D eigenvalue weighted by Gasteiger charge is -2.20. The number of hydrogen-bond acceptors (Lipinski definition) is 2. The van der Waals surface area contributed by atoms with Crippen LogP contribution in [0.2, 0.25) is 0 Å². The Balaban J connectivity index is 2.18. The fraction of sp³-hybridized carbons (Fsp3) is 0.600. The highest BCUT2D eigenvalue weighted by Gasteiger charge is 2.07. The molecule has 1 N–H and O–H groups in total. The van der Waals surface area contributed by atoms with E-state index in [2.05, 4.69) is 61.1 Å². The van der Waals surface area contributed by atoms with Crippen LogP contribution in [-0.2, 0) is 0 Å². The van der Waals surface area contributed by atoms with Crippen molar-refractivity contribution < 1.29 is 4.74 Å². The van der Waals surface area contributed by atoms with Crippen molar-refractivity contribution in [3.63, 3.8) is 0 Å². The molecule has 18 heavy (non-hydrogen) atoms. The third-order valence-corrected chi connectivity index (χ3v) is 3.19. The van der Waals surface area contributed by atoms with Gasteiger partial charge in [-0.25, -0.2) is 0 Å². The van der Waals surface area contributed by atoms with E-state index in [4.69, 9.17) is 4.74 Å². The quantitative estimate of drug-likeness (QED) is 0.790. The number of benzene rings is 1. The van der Waals surface area contributed by atoms with E-state index in [1.807, 2.05) is 6.07 Å². The van der Waals surface area contributed by atoms with Gasteiger partial charge in [-0.05, 0) is 80.7 Å². The van der Waals surface area contributed by atoms with Crippen LogP contribution in [0.15, 0.2) is 22.7 Å². The maximum atomic E-state index is 5.75. The van der Waals surface area contributed by atoms with Gasteiger partial charge >= 0.3 is 0 Å². The second-order valence-corrected chi connectivity index (χ2v) is 6.52. The number of rotatable bonds is 6. The van der Waals surface area contributed by atoms with Crippen LogP contribution < -0.4 is 10.1 Å². The van der Waals surface area contributed by atoms with Gasteiger partial charge in [-0.3, -0.25) is 0 Å². The van der Waals surface area contributed by atoms with Crippen molar-refractivity contribution in [1.29, 1.82) is 0 Å². The lowest BCUT2D eigenvalue weighted by Crippen LogP contribution is -2.36. The molecule has 0 aliphatic rings. The maximum absolute atomic E-state index is 5.75. The zero-order chi connectivity index (χ0) is 13.6. The van der Waals surface area contributed by atoms with E-state index in [9.17, 15) is 0 Å². The Morgan fingerprint density at radius 2 is 1.94 bits per heavy atom. The zero-order valence-corrected chi connectivity index (χ0v) is 13.4. The van der Waals surface area contributed by atoms with Gasteiger partial charge in [-0.15, -0.1) is 0 Å². The average Bonchev–Trinajstić information content (AvgIpc) is 2.24. The Morgan fingerprint density at radius 3 is 2.56 bits per heavy atom. The summed E-state index contributed by atoms with van der Waals surface area (Å²) in [5, 5.41) is 3.47. The first-order chi connectivity index (χ1) is 8.38. The molecule has 0 aliphatic carbocycles. The molecule has 0 bridgehead atoms. The summed E-state index contributed by atoms with van der Waals surface area (Å²) in [5.41, 5.74) is 1.45. The van der Waals surface area contributed by atoms with Crippen LogP contribution in [0.4, 0.5) is 0 Å². The summed E-state index contributed by atoms with van der Waals surface area (Å²) in [4.78, 5) is 0. The second kappa shape index (κ2) is 7.15. The predicted octanol–water partition coefficient (Wildman–Crippen LogP) is 4.30. The summed E-state index contributed by atoms with van der Waals surface area (Å²) in [6.07, 6.45) is 2.21. The Morgan fingerprint density at radius 1 is 1.22 bits per heavy atom. The van der Waals surface area contributed by atoms with Crippen LogP contribution in [0.1, 0.15) is 39.2 Å². The molecule has 0 unspecified atom stereocenters. The lowest BCUT2D eigenvalue weighted by atomic mass is 10.1. The van der Waals surface area contributed by atoms with Crippen LogP contribution in [0.25, 0.3) is 0 Å². The van der Waals surface area contributed by atoms with Gasteiger partial charge in [0.1, 0.15) is 5.75 Å². The fourth-order valence-electron chi connectivity index (χ4n) is 1.60. The molecule has 0 spiro atoms. The minimum absolute atomic E-state index is 0.209. The van der Waals surface area contributed by atoms with Gasteiger partial charge in [0.25, 0.3) is 0 Å². The van der Waals surface area contributed by atoms with E-state index in [1.54, 1.807) is 0 Å². The summed E-state index contributed by atoms with van der Waals surface area (Å²) in [6.45, 7) is 10.5. The first kappa shape index (κ1) is 15.5. The second-order valence-electron chi connectivity index (χ2n) is 5.67. The monoisotopic (exact) mass is 313 g/mol. The molecule has 0 saturated carbocycles. The molecule has 102 valence electrons. The standard InChI is InChI=1S/C15H24BrNO/c1-12-7-8-14(13(16)11-12)18-10-6-5-9-17-15(2,3)4/h7-8,11,17H,5-6,9-10H2,1-4H3. The number of unbranched alkanes of at least 4 members (excludes halogenated alkanes) is 1. The summed E-state index contributed by atoms with van der Waals surface area (Å²) in [7, 11) is 0. The molecular formula is C15H24BrNO. The molecular weight excluding hydrogens is 290 g/mol. The number of nitrogens with one attached hydrogen (secondary N) is 1. The first-order valence-electron chi connectivity index (χ1n) is 6.52. The third kappa shape index (κ3) is 6.41. The van der Waals surface area contributed by atoms with Crippen LogP contribution in [0.5, 0.6) is 5.75 Å². The molecule has 0 amide bonds. The Hall–Kier alpha value is -0.540. The number of aryl methyl sites for hydroxylation is 1. The van der Waals surface area contributed by atoms with Crippen LogP contribution in [0, 0.1) is 6.92 Å². The predicted molar refractivity (Wildman–Crippen MR) is 81.4 cm³/mol. The molecule has 0 atom stereocenters. The SMILES string of the molecule is Cc1ccc(OCCCCNC(C)(C)C)c(Br)c1. The Labute approximate surface area is 119 Å². The summed E-state index contributed by atoms with van der Waals surface area (Å²) in [6, 6.07) is 6.17. The van der Waals surface area contributed by atoms with E-state index >= 15 is 0 Å². The van der Waals surface area contributed by atoms with Crippen molar-refractivity contribution in [2.24, 2.45) is 0 Å². The van der Waals surface area contributed by atoms with E-state index < -0.39 is 0 Å². The van der Waals surface area contributed by atoms with Crippen molar-refractivity contribution in [3.05, 3.63) is 28.2 Å². The first-order valence-corrected chi connectivity index (χ1v) is 7.32. The van der Waals surface area contributed by atoms with Crippen LogP contribution in [0.3, 0.4) is 0 Å². The largest absolute Gasteiger partial charge is 0.492 e. The number of ether oxygens (including phenoxy) is 1. The van der Waals surface area contributed by atoms with Gasteiger partial charge < -0.3 is 10.1 Å². The van der Waals surface area contributed by atoms with Gasteiger partial charge in [-0.1, -0.05) is 6.07 Å². The molecule has 0 radical (unpaired) electrons. The van der Waals surface area contributed by atoms with Crippen molar-refractivity contribution in [3.8, 4) is 5.75 Å². The summed E-state index contributed by atoms with van der Waals surface area (Å²) < 4.78 is 6.79. The highest BCUT2D eigenvalue weighted by atomic mass is 79.9. The van der Waals surface area contributed by atoms with Gasteiger partial charge in [0.2, 0.25) is 0 Å². The van der Waals surface area contributed by atoms with E-state index in [0.29, 0.717) is 0 Å². The molecule has 0 saturated heterocycles. The number of halogens is 1. The highest BCUT2D eigenvalue weighted by Crippen LogP contribution is 2.25. The van der Waals surface area contributed by atoms with Crippen molar-refractivity contribution in [2.45, 2.75) is 46.1 Å². The van der Waals surface area contributed by atoms with E-state index in [0.717, 1.165) is 36.2 Å². The third-order valence-electron chi connectivity index (χ3n) is 2.57. The molecule has 0 heterocycles. The molecule has 1 aromatic rings. The summed E-state index contributed by atoms with van der Waals surface area (Å²) in [5.74, 6) is 0.935. The molecule has 1 rings (SSSR count). The minimum atomic E-state index is 0.209. The Kier molecular flexibility index (Phi) is 6.16. The van der Waals surface area contributed by atoms with Crippen molar-refractivity contribution in [1.82, 2.24) is 5.32 Å². The number of hydrogen-bond donors (Lipinski definition) is 1. The molecule has 1 aromatic carbocycles. The van der Waals surface area contributed by atoms with Gasteiger partial charge in [0.05, 0.1) is 11.1 Å². The average molecular weight is 314 g/mol. The topological polar surface area (TPSA) is 21.3 Å². The van der Waals surface area contributed by atoms with Gasteiger partial charge in [-0.2, -0.15) is 0 Å². The van der Waals surface area contributed by atoms with E-state index in [1.165, 1.54) is 5.56 Å². The van der Waals surface area contributed by atoms with Crippen molar-refractivity contribution in [2.75, 3.05) is 13.2 Å². The van der Waals surface area contributed by atoms with Crippen LogP contribution >= 0.6 is 15.9 Å². The molecule has 0 fully saturated rings.